The molecule has 1 aromatic heterocycles. The van der Waals surface area contributed by atoms with E-state index in [0.29, 0.717) is 27.4 Å². The molecule has 7 nitrogen and oxygen atoms in total. The molecule has 26 heavy (non-hydrogen) atoms. The number of hydrogen-bond acceptors (Lipinski definition) is 7. The van der Waals surface area contributed by atoms with Gasteiger partial charge < -0.3 is 14.2 Å². The Labute approximate surface area is 154 Å². The molecule has 0 aliphatic rings. The van der Waals surface area contributed by atoms with Crippen LogP contribution in [0.4, 0.5) is 5.13 Å². The van der Waals surface area contributed by atoms with E-state index in [2.05, 4.69) is 15.5 Å². The number of methoxy groups -OCH3 is 2. The lowest BCUT2D eigenvalue weighted by Crippen LogP contribution is -2.20. The summed E-state index contributed by atoms with van der Waals surface area (Å²) in [5.74, 6) is 1.42. The standard InChI is InChI=1S/C18H17N3O4S/c1-23-13-8-4-3-7-12(13)17-20-21-18(26-17)19-16(22)11-25-15-10-6-5-9-14(15)24-2/h3-10H,11H2,1-2H3,(H,19,21,22). The summed E-state index contributed by atoms with van der Waals surface area (Å²) in [5, 5.41) is 11.8. The smallest absolute Gasteiger partial charge is 0.264 e. The molecule has 0 saturated carbocycles. The molecule has 0 radical (unpaired) electrons. The lowest BCUT2D eigenvalue weighted by Gasteiger charge is -2.09. The highest BCUT2D eigenvalue weighted by Crippen LogP contribution is 2.33. The second kappa shape index (κ2) is 8.30. The van der Waals surface area contributed by atoms with Crippen molar-refractivity contribution in [3.8, 4) is 27.8 Å². The van der Waals surface area contributed by atoms with Gasteiger partial charge in [0.05, 0.1) is 19.8 Å². The van der Waals surface area contributed by atoms with Crippen LogP contribution in [0.25, 0.3) is 10.6 Å². The molecule has 0 bridgehead atoms. The average molecular weight is 371 g/mol. The third-order valence-corrected chi connectivity index (χ3v) is 4.31. The van der Waals surface area contributed by atoms with Gasteiger partial charge in [-0.05, 0) is 24.3 Å². The van der Waals surface area contributed by atoms with Crippen LogP contribution in [0.2, 0.25) is 0 Å². The number of nitrogens with one attached hydrogen (secondary N) is 1. The van der Waals surface area contributed by atoms with Crippen molar-refractivity contribution >= 4 is 22.4 Å². The number of hydrogen-bond donors (Lipinski definition) is 1. The van der Waals surface area contributed by atoms with E-state index in [1.165, 1.54) is 11.3 Å². The van der Waals surface area contributed by atoms with Crippen molar-refractivity contribution in [1.82, 2.24) is 10.2 Å². The minimum atomic E-state index is -0.335. The van der Waals surface area contributed by atoms with Crippen LogP contribution in [-0.2, 0) is 4.79 Å². The number of carbonyl (C=O) groups is 1. The largest absolute Gasteiger partial charge is 0.496 e. The first kappa shape index (κ1) is 17.7. The molecule has 0 aliphatic heterocycles. The topological polar surface area (TPSA) is 82.6 Å². The summed E-state index contributed by atoms with van der Waals surface area (Å²) in [6, 6.07) is 14.6. The Morgan fingerprint density at radius 3 is 2.35 bits per heavy atom. The van der Waals surface area contributed by atoms with Gasteiger partial charge in [0.25, 0.3) is 5.91 Å². The van der Waals surface area contributed by atoms with Crippen LogP contribution in [0.3, 0.4) is 0 Å². The van der Waals surface area contributed by atoms with Gasteiger partial charge in [0, 0.05) is 0 Å². The molecule has 3 aromatic rings. The molecular weight excluding hydrogens is 354 g/mol. The Morgan fingerprint density at radius 2 is 1.62 bits per heavy atom. The van der Waals surface area contributed by atoms with Crippen LogP contribution in [0.1, 0.15) is 0 Å². The highest BCUT2D eigenvalue weighted by atomic mass is 32.1. The van der Waals surface area contributed by atoms with E-state index >= 15 is 0 Å². The summed E-state index contributed by atoms with van der Waals surface area (Å²) in [6.45, 7) is -0.163. The van der Waals surface area contributed by atoms with Crippen molar-refractivity contribution < 1.29 is 19.0 Å². The first-order valence-electron chi connectivity index (χ1n) is 7.74. The molecule has 0 unspecified atom stereocenters. The fraction of sp³-hybridized carbons (Fsp3) is 0.167. The van der Waals surface area contributed by atoms with Gasteiger partial charge in [0.2, 0.25) is 5.13 Å². The molecule has 0 aliphatic carbocycles. The van der Waals surface area contributed by atoms with E-state index in [-0.39, 0.29) is 12.5 Å². The molecule has 0 fully saturated rings. The summed E-state index contributed by atoms with van der Waals surface area (Å²) in [7, 11) is 3.14. The summed E-state index contributed by atoms with van der Waals surface area (Å²) in [6.07, 6.45) is 0. The Kier molecular flexibility index (Phi) is 5.65. The van der Waals surface area contributed by atoms with Gasteiger partial charge in [0.1, 0.15) is 5.75 Å². The number of nitrogens with zero attached hydrogens (tertiary/aromatic N) is 2. The van der Waals surface area contributed by atoms with E-state index in [1.54, 1.807) is 32.4 Å². The maximum absolute atomic E-state index is 12.1. The van der Waals surface area contributed by atoms with E-state index in [9.17, 15) is 4.79 Å². The maximum Gasteiger partial charge on any atom is 0.264 e. The van der Waals surface area contributed by atoms with Crippen molar-refractivity contribution in [2.24, 2.45) is 0 Å². The molecule has 3 rings (SSSR count). The SMILES string of the molecule is COc1ccccc1OCC(=O)Nc1nnc(-c2ccccc2OC)s1. The van der Waals surface area contributed by atoms with Gasteiger partial charge in [-0.25, -0.2) is 0 Å². The fourth-order valence-corrected chi connectivity index (χ4v) is 3.03. The van der Waals surface area contributed by atoms with Crippen LogP contribution in [0.15, 0.2) is 48.5 Å². The van der Waals surface area contributed by atoms with Gasteiger partial charge in [0.15, 0.2) is 23.1 Å². The number of rotatable bonds is 7. The minimum absolute atomic E-state index is 0.163. The summed E-state index contributed by atoms with van der Waals surface area (Å²) < 4.78 is 16.0. The van der Waals surface area contributed by atoms with Gasteiger partial charge in [-0.15, -0.1) is 10.2 Å². The van der Waals surface area contributed by atoms with Crippen molar-refractivity contribution in [2.45, 2.75) is 0 Å². The molecule has 1 amide bonds. The summed E-state index contributed by atoms with van der Waals surface area (Å²) in [5.41, 5.74) is 0.818. The van der Waals surface area contributed by atoms with Gasteiger partial charge in [-0.3, -0.25) is 10.1 Å². The van der Waals surface area contributed by atoms with Gasteiger partial charge >= 0.3 is 0 Å². The highest BCUT2D eigenvalue weighted by Gasteiger charge is 2.13. The number of benzene rings is 2. The molecule has 8 heteroatoms. The van der Waals surface area contributed by atoms with Crippen LogP contribution in [0.5, 0.6) is 17.2 Å². The number of anilines is 1. The number of amides is 1. The maximum atomic E-state index is 12.1. The van der Waals surface area contributed by atoms with E-state index in [4.69, 9.17) is 14.2 Å². The lowest BCUT2D eigenvalue weighted by atomic mass is 10.2. The molecule has 2 aromatic carbocycles. The van der Waals surface area contributed by atoms with Crippen LogP contribution < -0.4 is 19.5 Å². The van der Waals surface area contributed by atoms with E-state index in [1.807, 2.05) is 30.3 Å². The quantitative estimate of drug-likeness (QED) is 0.687. The number of carbonyl (C=O) groups excluding carboxylic acids is 1. The minimum Gasteiger partial charge on any atom is -0.496 e. The second-order valence-electron chi connectivity index (χ2n) is 5.10. The molecule has 0 atom stereocenters. The van der Waals surface area contributed by atoms with Crippen LogP contribution >= 0.6 is 11.3 Å². The van der Waals surface area contributed by atoms with Crippen molar-refractivity contribution in [1.29, 1.82) is 0 Å². The summed E-state index contributed by atoms with van der Waals surface area (Å²) >= 11 is 1.26. The highest BCUT2D eigenvalue weighted by molar-refractivity contribution is 7.18. The molecule has 1 heterocycles. The second-order valence-corrected chi connectivity index (χ2v) is 6.08. The normalized spacial score (nSPS) is 10.2. The first-order chi connectivity index (χ1) is 12.7. The Balaban J connectivity index is 1.63. The first-order valence-corrected chi connectivity index (χ1v) is 8.55. The predicted molar refractivity (Wildman–Crippen MR) is 99.0 cm³/mol. The molecule has 134 valence electrons. The fourth-order valence-electron chi connectivity index (χ4n) is 2.24. The van der Waals surface area contributed by atoms with Crippen LogP contribution in [-0.4, -0.2) is 36.9 Å². The Morgan fingerprint density at radius 1 is 0.962 bits per heavy atom. The zero-order chi connectivity index (χ0) is 18.4. The summed E-state index contributed by atoms with van der Waals surface area (Å²) in [4.78, 5) is 12.1. The van der Waals surface area contributed by atoms with Gasteiger partial charge in [-0.2, -0.15) is 0 Å². The monoisotopic (exact) mass is 371 g/mol. The molecule has 0 saturated heterocycles. The average Bonchev–Trinajstić information content (AvgIpc) is 3.14. The number of ether oxygens (including phenoxy) is 3. The third kappa shape index (κ3) is 4.09. The van der Waals surface area contributed by atoms with Gasteiger partial charge in [-0.1, -0.05) is 35.6 Å². The molecule has 1 N–H and O–H groups in total. The molecule has 0 spiro atoms. The molecular formula is C18H17N3O4S. The zero-order valence-electron chi connectivity index (χ0n) is 14.3. The van der Waals surface area contributed by atoms with E-state index < -0.39 is 0 Å². The van der Waals surface area contributed by atoms with Crippen molar-refractivity contribution in [3.05, 3.63) is 48.5 Å². The Bertz CT molecular complexity index is 897. The number of para-hydroxylation sites is 3. The Hall–Kier alpha value is -3.13. The van der Waals surface area contributed by atoms with E-state index in [0.717, 1.165) is 5.56 Å². The third-order valence-electron chi connectivity index (χ3n) is 3.44. The lowest BCUT2D eigenvalue weighted by molar-refractivity contribution is -0.118. The number of aromatic nitrogens is 2. The van der Waals surface area contributed by atoms with Crippen molar-refractivity contribution in [2.75, 3.05) is 26.1 Å². The zero-order valence-corrected chi connectivity index (χ0v) is 15.1. The van der Waals surface area contributed by atoms with Crippen LogP contribution in [0, 0.1) is 0 Å². The predicted octanol–water partition coefficient (Wildman–Crippen LogP) is 3.24. The van der Waals surface area contributed by atoms with Crippen molar-refractivity contribution in [3.63, 3.8) is 0 Å².